The Morgan fingerprint density at radius 2 is 1.84 bits per heavy atom. The van der Waals surface area contributed by atoms with Gasteiger partial charge in [0.15, 0.2) is 0 Å². The lowest BCUT2D eigenvalue weighted by atomic mass is 10.2. The average Bonchev–Trinajstić information content (AvgIpc) is 3.11. The lowest BCUT2D eigenvalue weighted by Crippen LogP contribution is -2.32. The fourth-order valence-electron chi connectivity index (χ4n) is 1.95. The van der Waals surface area contributed by atoms with Gasteiger partial charge in [0.1, 0.15) is 5.82 Å². The Morgan fingerprint density at radius 3 is 2.47 bits per heavy atom. The van der Waals surface area contributed by atoms with Gasteiger partial charge in [0.25, 0.3) is 0 Å². The first-order chi connectivity index (χ1) is 8.99. The first kappa shape index (κ1) is 13.5. The predicted octanol–water partition coefficient (Wildman–Crippen LogP) is 1.92. The van der Waals surface area contributed by atoms with Crippen LogP contribution in [0.2, 0.25) is 0 Å². The van der Waals surface area contributed by atoms with Gasteiger partial charge < -0.3 is 10.6 Å². The van der Waals surface area contributed by atoms with Gasteiger partial charge in [0.2, 0.25) is 11.8 Å². The summed E-state index contributed by atoms with van der Waals surface area (Å²) in [5.41, 5.74) is 0.155. The molecule has 1 saturated carbocycles. The van der Waals surface area contributed by atoms with Crippen molar-refractivity contribution >= 4 is 17.5 Å². The topological polar surface area (TPSA) is 58.2 Å². The molecule has 0 bridgehead atoms. The van der Waals surface area contributed by atoms with E-state index in [0.717, 1.165) is 0 Å². The third kappa shape index (κ3) is 3.30. The third-order valence-electron chi connectivity index (χ3n) is 3.03. The second kappa shape index (κ2) is 5.38. The molecule has 1 aliphatic rings. The Labute approximate surface area is 111 Å². The molecule has 5 heteroatoms. The van der Waals surface area contributed by atoms with E-state index in [1.807, 2.05) is 13.8 Å². The molecule has 0 saturated heterocycles. The molecular weight excluding hydrogens is 247 g/mol. The summed E-state index contributed by atoms with van der Waals surface area (Å²) in [4.78, 5) is 23.6. The number of amides is 2. The van der Waals surface area contributed by atoms with Crippen LogP contribution in [0.1, 0.15) is 20.3 Å². The van der Waals surface area contributed by atoms with Crippen LogP contribution >= 0.6 is 0 Å². The largest absolute Gasteiger partial charge is 0.354 e. The minimum Gasteiger partial charge on any atom is -0.354 e. The summed E-state index contributed by atoms with van der Waals surface area (Å²) < 4.78 is 13.4. The van der Waals surface area contributed by atoms with Crippen molar-refractivity contribution in [2.75, 3.05) is 5.32 Å². The molecule has 0 aromatic heterocycles. The molecule has 19 heavy (non-hydrogen) atoms. The molecule has 2 rings (SSSR count). The summed E-state index contributed by atoms with van der Waals surface area (Å²) in [6, 6.07) is 6.04. The molecule has 1 aliphatic carbocycles. The van der Waals surface area contributed by atoms with Crippen LogP contribution in [-0.2, 0) is 9.59 Å². The zero-order chi connectivity index (χ0) is 14.0. The molecule has 1 aromatic rings. The second-order valence-corrected chi connectivity index (χ2v) is 5.08. The van der Waals surface area contributed by atoms with Gasteiger partial charge in [-0.3, -0.25) is 9.59 Å². The van der Waals surface area contributed by atoms with Gasteiger partial charge in [-0.1, -0.05) is 12.1 Å². The number of nitrogens with one attached hydrogen (secondary N) is 2. The maximum atomic E-state index is 13.4. The van der Waals surface area contributed by atoms with Gasteiger partial charge in [0, 0.05) is 6.04 Å². The first-order valence-corrected chi connectivity index (χ1v) is 6.35. The number of halogens is 1. The average molecular weight is 264 g/mol. The fraction of sp³-hybridized carbons (Fsp3) is 0.429. The second-order valence-electron chi connectivity index (χ2n) is 5.08. The smallest absolute Gasteiger partial charge is 0.228 e. The van der Waals surface area contributed by atoms with Gasteiger partial charge in [-0.25, -0.2) is 4.39 Å². The monoisotopic (exact) mass is 264 g/mol. The van der Waals surface area contributed by atoms with Crippen molar-refractivity contribution in [3.8, 4) is 0 Å². The van der Waals surface area contributed by atoms with Crippen LogP contribution in [0.3, 0.4) is 0 Å². The maximum absolute atomic E-state index is 13.4. The van der Waals surface area contributed by atoms with E-state index >= 15 is 0 Å². The highest BCUT2D eigenvalue weighted by molar-refractivity contribution is 5.99. The molecular formula is C14H17FN2O2. The number of carbonyl (C=O) groups is 2. The molecule has 0 aliphatic heterocycles. The van der Waals surface area contributed by atoms with E-state index in [-0.39, 0.29) is 35.4 Å². The lowest BCUT2D eigenvalue weighted by molar-refractivity contribution is -0.125. The Kier molecular flexibility index (Phi) is 3.83. The van der Waals surface area contributed by atoms with Gasteiger partial charge in [-0.05, 0) is 32.4 Å². The van der Waals surface area contributed by atoms with Crippen molar-refractivity contribution in [1.29, 1.82) is 0 Å². The molecule has 1 fully saturated rings. The summed E-state index contributed by atoms with van der Waals surface area (Å²) in [5, 5.41) is 5.29. The van der Waals surface area contributed by atoms with Crippen molar-refractivity contribution in [2.45, 2.75) is 26.3 Å². The predicted molar refractivity (Wildman–Crippen MR) is 69.9 cm³/mol. The molecule has 1 aromatic carbocycles. The molecule has 0 radical (unpaired) electrons. The molecule has 2 amide bonds. The summed E-state index contributed by atoms with van der Waals surface area (Å²) in [7, 11) is 0. The van der Waals surface area contributed by atoms with E-state index < -0.39 is 5.82 Å². The maximum Gasteiger partial charge on any atom is 0.228 e. The van der Waals surface area contributed by atoms with E-state index in [9.17, 15) is 14.0 Å². The highest BCUT2D eigenvalue weighted by Gasteiger charge is 2.48. The van der Waals surface area contributed by atoms with Crippen LogP contribution in [0, 0.1) is 17.7 Å². The quantitative estimate of drug-likeness (QED) is 0.873. The third-order valence-corrected chi connectivity index (χ3v) is 3.03. The number of hydrogen-bond donors (Lipinski definition) is 2. The van der Waals surface area contributed by atoms with Crippen molar-refractivity contribution in [3.05, 3.63) is 30.1 Å². The highest BCUT2D eigenvalue weighted by Crippen LogP contribution is 2.39. The van der Waals surface area contributed by atoms with Crippen LogP contribution in [-0.4, -0.2) is 17.9 Å². The zero-order valence-corrected chi connectivity index (χ0v) is 10.9. The molecule has 2 atom stereocenters. The Hall–Kier alpha value is -1.91. The van der Waals surface area contributed by atoms with Crippen LogP contribution in [0.15, 0.2) is 24.3 Å². The zero-order valence-electron chi connectivity index (χ0n) is 10.9. The van der Waals surface area contributed by atoms with E-state index in [0.29, 0.717) is 6.42 Å². The van der Waals surface area contributed by atoms with Crippen LogP contribution in [0.5, 0.6) is 0 Å². The molecule has 2 N–H and O–H groups in total. The van der Waals surface area contributed by atoms with Crippen LogP contribution in [0.4, 0.5) is 10.1 Å². The van der Waals surface area contributed by atoms with Crippen molar-refractivity contribution in [1.82, 2.24) is 5.32 Å². The Bertz CT molecular complexity index is 502. The standard InChI is InChI=1S/C14H17FN2O2/c1-8(2)16-13(18)9-7-10(9)14(19)17-12-6-4-3-5-11(12)15/h3-6,8-10H,7H2,1-2H3,(H,16,18)(H,17,19). The number of anilines is 1. The van der Waals surface area contributed by atoms with E-state index in [1.54, 1.807) is 12.1 Å². The number of carbonyl (C=O) groups excluding carboxylic acids is 2. The van der Waals surface area contributed by atoms with E-state index in [2.05, 4.69) is 10.6 Å². The van der Waals surface area contributed by atoms with E-state index in [4.69, 9.17) is 0 Å². The number of hydrogen-bond acceptors (Lipinski definition) is 2. The van der Waals surface area contributed by atoms with E-state index in [1.165, 1.54) is 12.1 Å². The minimum atomic E-state index is -0.473. The number of para-hydroxylation sites is 1. The summed E-state index contributed by atoms with van der Waals surface area (Å²) in [6.45, 7) is 3.74. The SMILES string of the molecule is CC(C)NC(=O)C1CC1C(=O)Nc1ccccc1F. The highest BCUT2D eigenvalue weighted by atomic mass is 19.1. The van der Waals surface area contributed by atoms with Crippen molar-refractivity contribution in [2.24, 2.45) is 11.8 Å². The normalized spacial score (nSPS) is 21.1. The van der Waals surface area contributed by atoms with Gasteiger partial charge in [-0.2, -0.15) is 0 Å². The van der Waals surface area contributed by atoms with Crippen LogP contribution < -0.4 is 10.6 Å². The fourth-order valence-corrected chi connectivity index (χ4v) is 1.95. The first-order valence-electron chi connectivity index (χ1n) is 6.35. The summed E-state index contributed by atoms with van der Waals surface area (Å²) in [5.74, 6) is -1.51. The van der Waals surface area contributed by atoms with Crippen molar-refractivity contribution < 1.29 is 14.0 Å². The van der Waals surface area contributed by atoms with Crippen LogP contribution in [0.25, 0.3) is 0 Å². The van der Waals surface area contributed by atoms with Gasteiger partial charge in [0.05, 0.1) is 17.5 Å². The number of rotatable bonds is 4. The van der Waals surface area contributed by atoms with Crippen molar-refractivity contribution in [3.63, 3.8) is 0 Å². The molecule has 2 unspecified atom stereocenters. The Morgan fingerprint density at radius 1 is 1.21 bits per heavy atom. The molecule has 0 heterocycles. The molecule has 4 nitrogen and oxygen atoms in total. The summed E-state index contributed by atoms with van der Waals surface area (Å²) in [6.07, 6.45) is 0.527. The molecule has 0 spiro atoms. The Balaban J connectivity index is 1.90. The number of benzene rings is 1. The molecule has 102 valence electrons. The minimum absolute atomic E-state index is 0.0587. The summed E-state index contributed by atoms with van der Waals surface area (Å²) >= 11 is 0. The van der Waals surface area contributed by atoms with Gasteiger partial charge >= 0.3 is 0 Å². The van der Waals surface area contributed by atoms with Gasteiger partial charge in [-0.15, -0.1) is 0 Å². The lowest BCUT2D eigenvalue weighted by Gasteiger charge is -2.08.